The molecule has 3 aromatic rings. The Balaban J connectivity index is 1.62. The van der Waals surface area contributed by atoms with Gasteiger partial charge < -0.3 is 4.90 Å². The maximum absolute atomic E-state index is 5.24. The molecule has 2 aromatic heterocycles. The average Bonchev–Trinajstić information content (AvgIpc) is 3.45. The summed E-state index contributed by atoms with van der Waals surface area (Å²) in [5.41, 5.74) is 5.89. The van der Waals surface area contributed by atoms with E-state index < -0.39 is 0 Å². The van der Waals surface area contributed by atoms with Gasteiger partial charge in [0.25, 0.3) is 0 Å². The molecule has 1 saturated carbocycles. The monoisotopic (exact) mass is 417 g/mol. The summed E-state index contributed by atoms with van der Waals surface area (Å²) in [6, 6.07) is 8.71. The molecule has 5 rings (SSSR count). The summed E-state index contributed by atoms with van der Waals surface area (Å²) in [5, 5.41) is 1.27. The van der Waals surface area contributed by atoms with Gasteiger partial charge >= 0.3 is 0 Å². The summed E-state index contributed by atoms with van der Waals surface area (Å²) in [7, 11) is 2.21. The lowest BCUT2D eigenvalue weighted by molar-refractivity contribution is 0.255. The van der Waals surface area contributed by atoms with E-state index in [0.717, 1.165) is 24.5 Å². The third-order valence-electron chi connectivity index (χ3n) is 6.71. The molecule has 2 aliphatic rings. The number of piperidine rings is 1. The molecule has 1 aliphatic heterocycles. The summed E-state index contributed by atoms with van der Waals surface area (Å²) in [6.45, 7) is 4.44. The van der Waals surface area contributed by atoms with Gasteiger partial charge in [-0.05, 0) is 64.7 Å². The molecule has 3 heterocycles. The standard InChI is InChI=1S/C25H29N4S/c1-17-6-5-9-20(14-17)22-24(30-25(28-22)19-10-12-29(2)13-11-19)23-21(15-26-16-27-23)18-7-3-4-8-18/h5-6,9,14-15,18-19H,3-4,7-8,10-13H2,1-2H3. The highest BCUT2D eigenvalue weighted by atomic mass is 32.1. The van der Waals surface area contributed by atoms with Crippen molar-refractivity contribution in [2.24, 2.45) is 0 Å². The lowest BCUT2D eigenvalue weighted by Gasteiger charge is -2.27. The largest absolute Gasteiger partial charge is 0.306 e. The number of nitrogens with zero attached hydrogens (tertiary/aromatic N) is 4. The third-order valence-corrected chi connectivity index (χ3v) is 7.93. The van der Waals surface area contributed by atoms with Gasteiger partial charge in [-0.15, -0.1) is 11.3 Å². The first kappa shape index (κ1) is 19.8. The Labute approximate surface area is 183 Å². The Hall–Kier alpha value is -2.11. The highest BCUT2D eigenvalue weighted by molar-refractivity contribution is 7.15. The molecule has 0 bridgehead atoms. The third kappa shape index (κ3) is 3.93. The second-order valence-corrected chi connectivity index (χ2v) is 9.96. The van der Waals surface area contributed by atoms with E-state index in [1.165, 1.54) is 65.1 Å². The molecule has 155 valence electrons. The topological polar surface area (TPSA) is 41.9 Å². The van der Waals surface area contributed by atoms with Crippen molar-refractivity contribution in [1.82, 2.24) is 19.9 Å². The predicted molar refractivity (Wildman–Crippen MR) is 123 cm³/mol. The Morgan fingerprint density at radius 1 is 1.03 bits per heavy atom. The first-order chi connectivity index (χ1) is 14.7. The molecule has 0 spiro atoms. The van der Waals surface area contributed by atoms with E-state index in [4.69, 9.17) is 9.97 Å². The van der Waals surface area contributed by atoms with Gasteiger partial charge in [0.05, 0.1) is 21.3 Å². The number of benzene rings is 1. The highest BCUT2D eigenvalue weighted by Gasteiger charge is 2.28. The summed E-state index contributed by atoms with van der Waals surface area (Å²) in [6.07, 6.45) is 12.3. The molecular weight excluding hydrogens is 388 g/mol. The fraction of sp³-hybridized carbons (Fsp3) is 0.480. The van der Waals surface area contributed by atoms with Crippen molar-refractivity contribution in [2.75, 3.05) is 20.1 Å². The van der Waals surface area contributed by atoms with E-state index in [1.807, 2.05) is 17.5 Å². The van der Waals surface area contributed by atoms with Gasteiger partial charge in [0.2, 0.25) is 0 Å². The molecule has 0 amide bonds. The molecule has 1 saturated heterocycles. The van der Waals surface area contributed by atoms with Crippen LogP contribution in [0.5, 0.6) is 0 Å². The van der Waals surface area contributed by atoms with Gasteiger partial charge in [-0.1, -0.05) is 36.6 Å². The molecule has 5 heteroatoms. The van der Waals surface area contributed by atoms with Crippen LogP contribution in [0, 0.1) is 13.3 Å². The van der Waals surface area contributed by atoms with Crippen LogP contribution in [0.15, 0.2) is 30.5 Å². The normalized spacial score (nSPS) is 18.9. The van der Waals surface area contributed by atoms with E-state index in [2.05, 4.69) is 54.4 Å². The minimum Gasteiger partial charge on any atom is -0.306 e. The Morgan fingerprint density at radius 2 is 1.83 bits per heavy atom. The van der Waals surface area contributed by atoms with E-state index >= 15 is 0 Å². The second kappa shape index (κ2) is 8.56. The Kier molecular flexibility index (Phi) is 5.66. The van der Waals surface area contributed by atoms with Crippen LogP contribution in [0.1, 0.15) is 66.5 Å². The lowest BCUT2D eigenvalue weighted by Crippen LogP contribution is -2.29. The second-order valence-electron chi connectivity index (χ2n) is 8.93. The van der Waals surface area contributed by atoms with Crippen LogP contribution in [-0.4, -0.2) is 40.0 Å². The van der Waals surface area contributed by atoms with E-state index in [1.54, 1.807) is 0 Å². The fourth-order valence-corrected chi connectivity index (χ4v) is 6.20. The van der Waals surface area contributed by atoms with Crippen molar-refractivity contribution < 1.29 is 0 Å². The molecule has 1 radical (unpaired) electrons. The van der Waals surface area contributed by atoms with Crippen molar-refractivity contribution >= 4 is 11.3 Å². The quantitative estimate of drug-likeness (QED) is 0.534. The first-order valence-corrected chi connectivity index (χ1v) is 12.0. The van der Waals surface area contributed by atoms with Crippen LogP contribution in [0.2, 0.25) is 0 Å². The van der Waals surface area contributed by atoms with Crippen LogP contribution in [0.25, 0.3) is 21.8 Å². The number of aromatic nitrogens is 3. The molecular formula is C25H29N4S. The molecule has 0 atom stereocenters. The summed E-state index contributed by atoms with van der Waals surface area (Å²) in [5.74, 6) is 1.11. The predicted octanol–water partition coefficient (Wildman–Crippen LogP) is 5.84. The average molecular weight is 418 g/mol. The maximum atomic E-state index is 5.24. The Bertz CT molecular complexity index is 1010. The van der Waals surface area contributed by atoms with Gasteiger partial charge in [0.1, 0.15) is 0 Å². The lowest BCUT2D eigenvalue weighted by atomic mass is 9.95. The number of rotatable bonds is 4. The van der Waals surface area contributed by atoms with E-state index in [-0.39, 0.29) is 0 Å². The SMILES string of the molecule is Cc1cccc(-c2nc(C3CCN(C)CC3)sc2-c2n[c]ncc2C2CCCC2)c1. The molecule has 1 aliphatic carbocycles. The fourth-order valence-electron chi connectivity index (χ4n) is 4.94. The molecule has 30 heavy (non-hydrogen) atoms. The van der Waals surface area contributed by atoms with Crippen molar-refractivity contribution in [3.63, 3.8) is 0 Å². The zero-order valence-electron chi connectivity index (χ0n) is 17.9. The smallest absolute Gasteiger partial charge is 0.198 e. The molecule has 4 nitrogen and oxygen atoms in total. The minimum absolute atomic E-state index is 0.546. The van der Waals surface area contributed by atoms with E-state index in [0.29, 0.717) is 11.8 Å². The van der Waals surface area contributed by atoms with Crippen LogP contribution in [-0.2, 0) is 0 Å². The number of aryl methyl sites for hydroxylation is 1. The molecule has 1 aromatic carbocycles. The van der Waals surface area contributed by atoms with Crippen LogP contribution in [0.3, 0.4) is 0 Å². The van der Waals surface area contributed by atoms with Crippen LogP contribution >= 0.6 is 11.3 Å². The van der Waals surface area contributed by atoms with E-state index in [9.17, 15) is 0 Å². The van der Waals surface area contributed by atoms with Gasteiger partial charge in [-0.3, -0.25) is 0 Å². The number of hydrogen-bond acceptors (Lipinski definition) is 5. The highest BCUT2D eigenvalue weighted by Crippen LogP contribution is 2.45. The molecule has 0 unspecified atom stereocenters. The van der Waals surface area contributed by atoms with Crippen LogP contribution in [0.4, 0.5) is 0 Å². The van der Waals surface area contributed by atoms with Crippen molar-refractivity contribution in [1.29, 1.82) is 0 Å². The zero-order valence-corrected chi connectivity index (χ0v) is 18.7. The van der Waals surface area contributed by atoms with Gasteiger partial charge in [-0.2, -0.15) is 0 Å². The number of likely N-dealkylation sites (tertiary alicyclic amines) is 1. The maximum Gasteiger partial charge on any atom is 0.198 e. The summed E-state index contributed by atoms with van der Waals surface area (Å²) in [4.78, 5) is 17.8. The van der Waals surface area contributed by atoms with Crippen molar-refractivity contribution in [3.05, 3.63) is 52.9 Å². The number of thiazole rings is 1. The van der Waals surface area contributed by atoms with Crippen LogP contribution < -0.4 is 0 Å². The van der Waals surface area contributed by atoms with Crippen molar-refractivity contribution in [3.8, 4) is 21.8 Å². The number of hydrogen-bond donors (Lipinski definition) is 0. The van der Waals surface area contributed by atoms with Gasteiger partial charge in [-0.25, -0.2) is 15.0 Å². The van der Waals surface area contributed by atoms with Crippen molar-refractivity contribution in [2.45, 2.75) is 57.3 Å². The zero-order chi connectivity index (χ0) is 20.5. The summed E-state index contributed by atoms with van der Waals surface area (Å²) < 4.78 is 0. The minimum atomic E-state index is 0.546. The van der Waals surface area contributed by atoms with Gasteiger partial charge in [0.15, 0.2) is 6.33 Å². The molecule has 2 fully saturated rings. The van der Waals surface area contributed by atoms with Gasteiger partial charge in [0, 0.05) is 23.2 Å². The Morgan fingerprint density at radius 3 is 2.60 bits per heavy atom. The molecule has 0 N–H and O–H groups in total. The summed E-state index contributed by atoms with van der Waals surface area (Å²) >= 11 is 1.85. The first-order valence-electron chi connectivity index (χ1n) is 11.2.